The average Bonchev–Trinajstić information content (AvgIpc) is 3.47. The number of rotatable bonds is 5. The van der Waals surface area contributed by atoms with E-state index in [0.29, 0.717) is 30.9 Å². The Morgan fingerprint density at radius 2 is 1.97 bits per heavy atom. The van der Waals surface area contributed by atoms with Gasteiger partial charge in [0, 0.05) is 25.8 Å². The molecular weight excluding hydrogens is 436 g/mol. The average molecular weight is 467 g/mol. The number of likely N-dealkylation sites (tertiary alicyclic amines) is 1. The molecule has 1 aromatic carbocycles. The van der Waals surface area contributed by atoms with E-state index < -0.39 is 5.60 Å². The Morgan fingerprint density at radius 1 is 1.18 bits per heavy atom. The van der Waals surface area contributed by atoms with Crippen molar-refractivity contribution in [1.82, 2.24) is 20.0 Å². The molecule has 0 aliphatic carbocycles. The standard InChI is InChI=1S/C25H30N4O3S/c1-25(2,3)32-24(31)28-13-7-9-18(16-28)15-26-23(30)20-17-29(19-10-5-4-6-11-19)27-22(20)21-12-8-14-33-21/h4-6,8,10-12,14,17-18H,7,9,13,15-16H2,1-3H3,(H,26,30). The molecule has 0 radical (unpaired) electrons. The molecule has 1 aliphatic heterocycles. The van der Waals surface area contributed by atoms with Crippen molar-refractivity contribution in [1.29, 1.82) is 0 Å². The molecule has 2 amide bonds. The van der Waals surface area contributed by atoms with Crippen LogP contribution >= 0.6 is 11.3 Å². The van der Waals surface area contributed by atoms with Gasteiger partial charge in [-0.15, -0.1) is 11.3 Å². The summed E-state index contributed by atoms with van der Waals surface area (Å²) in [6.45, 7) is 7.37. The molecule has 3 aromatic rings. The SMILES string of the molecule is CC(C)(C)OC(=O)N1CCCC(CNC(=O)c2cn(-c3ccccc3)nc2-c2cccs2)C1. The fourth-order valence-electron chi connectivity index (χ4n) is 3.90. The predicted molar refractivity (Wildman–Crippen MR) is 130 cm³/mol. The first-order valence-electron chi connectivity index (χ1n) is 11.3. The van der Waals surface area contributed by atoms with Crippen LogP contribution in [0, 0.1) is 5.92 Å². The number of aromatic nitrogens is 2. The molecule has 8 heteroatoms. The zero-order valence-electron chi connectivity index (χ0n) is 19.3. The molecule has 1 fully saturated rings. The number of hydrogen-bond donors (Lipinski definition) is 1. The van der Waals surface area contributed by atoms with Gasteiger partial charge in [0.2, 0.25) is 0 Å². The van der Waals surface area contributed by atoms with Crippen LogP contribution in [0.15, 0.2) is 54.0 Å². The van der Waals surface area contributed by atoms with Gasteiger partial charge in [0.1, 0.15) is 11.3 Å². The number of thiophene rings is 1. The van der Waals surface area contributed by atoms with Gasteiger partial charge >= 0.3 is 6.09 Å². The number of ether oxygens (including phenoxy) is 1. The van der Waals surface area contributed by atoms with E-state index in [1.807, 2.05) is 68.6 Å². The molecular formula is C25H30N4O3S. The summed E-state index contributed by atoms with van der Waals surface area (Å²) in [6.07, 6.45) is 3.35. The molecule has 0 spiro atoms. The van der Waals surface area contributed by atoms with E-state index in [1.165, 1.54) is 0 Å². The Bertz CT molecular complexity index is 1090. The van der Waals surface area contributed by atoms with E-state index >= 15 is 0 Å². The molecule has 0 bridgehead atoms. The fraction of sp³-hybridized carbons (Fsp3) is 0.400. The molecule has 1 aliphatic rings. The fourth-order valence-corrected chi connectivity index (χ4v) is 4.63. The Morgan fingerprint density at radius 3 is 2.67 bits per heavy atom. The minimum atomic E-state index is -0.519. The van der Waals surface area contributed by atoms with Crippen molar-refractivity contribution in [3.05, 3.63) is 59.6 Å². The van der Waals surface area contributed by atoms with Gasteiger partial charge in [-0.1, -0.05) is 24.3 Å². The lowest BCUT2D eigenvalue weighted by atomic mass is 9.98. The van der Waals surface area contributed by atoms with Crippen LogP contribution in [-0.4, -0.2) is 51.9 Å². The maximum atomic E-state index is 13.2. The van der Waals surface area contributed by atoms with Crippen LogP contribution in [0.4, 0.5) is 4.79 Å². The van der Waals surface area contributed by atoms with Crippen molar-refractivity contribution in [2.24, 2.45) is 5.92 Å². The molecule has 7 nitrogen and oxygen atoms in total. The second kappa shape index (κ2) is 9.79. The highest BCUT2D eigenvalue weighted by atomic mass is 32.1. The summed E-state index contributed by atoms with van der Waals surface area (Å²) < 4.78 is 7.26. The number of para-hydroxylation sites is 1. The zero-order chi connectivity index (χ0) is 23.4. The monoisotopic (exact) mass is 466 g/mol. The largest absolute Gasteiger partial charge is 0.444 e. The van der Waals surface area contributed by atoms with Crippen LogP contribution in [0.25, 0.3) is 16.3 Å². The number of carbonyl (C=O) groups excluding carboxylic acids is 2. The van der Waals surface area contributed by atoms with Crippen LogP contribution in [0.5, 0.6) is 0 Å². The van der Waals surface area contributed by atoms with E-state index in [-0.39, 0.29) is 17.9 Å². The van der Waals surface area contributed by atoms with E-state index in [0.717, 1.165) is 23.4 Å². The number of nitrogens with zero attached hydrogens (tertiary/aromatic N) is 3. The molecule has 1 saturated heterocycles. The highest BCUT2D eigenvalue weighted by molar-refractivity contribution is 7.13. The summed E-state index contributed by atoms with van der Waals surface area (Å²) in [7, 11) is 0. The van der Waals surface area contributed by atoms with Crippen LogP contribution in [0.2, 0.25) is 0 Å². The Hall–Kier alpha value is -3.13. The first-order chi connectivity index (χ1) is 15.8. The normalized spacial score (nSPS) is 16.5. The van der Waals surface area contributed by atoms with Crippen LogP contribution < -0.4 is 5.32 Å². The molecule has 174 valence electrons. The zero-order valence-corrected chi connectivity index (χ0v) is 20.1. The van der Waals surface area contributed by atoms with E-state index in [9.17, 15) is 9.59 Å². The Balaban J connectivity index is 1.45. The smallest absolute Gasteiger partial charge is 0.410 e. The topological polar surface area (TPSA) is 76.5 Å². The number of piperidine rings is 1. The predicted octanol–water partition coefficient (Wildman–Crippen LogP) is 4.98. The van der Waals surface area contributed by atoms with Crippen molar-refractivity contribution < 1.29 is 14.3 Å². The van der Waals surface area contributed by atoms with E-state index in [1.54, 1.807) is 27.1 Å². The maximum Gasteiger partial charge on any atom is 0.410 e. The molecule has 33 heavy (non-hydrogen) atoms. The van der Waals surface area contributed by atoms with Crippen molar-refractivity contribution in [3.8, 4) is 16.3 Å². The highest BCUT2D eigenvalue weighted by Gasteiger charge is 2.28. The molecule has 3 heterocycles. The van der Waals surface area contributed by atoms with Crippen molar-refractivity contribution in [2.75, 3.05) is 19.6 Å². The Labute approximate surface area is 198 Å². The lowest BCUT2D eigenvalue weighted by Crippen LogP contribution is -2.45. The van der Waals surface area contributed by atoms with Gasteiger partial charge in [-0.3, -0.25) is 4.79 Å². The number of amides is 2. The quantitative estimate of drug-likeness (QED) is 0.576. The first-order valence-corrected chi connectivity index (χ1v) is 12.1. The second-order valence-corrected chi connectivity index (χ2v) is 10.2. The third-order valence-corrected chi connectivity index (χ3v) is 6.33. The van der Waals surface area contributed by atoms with Gasteiger partial charge in [0.25, 0.3) is 5.91 Å². The van der Waals surface area contributed by atoms with Gasteiger partial charge in [-0.2, -0.15) is 5.10 Å². The maximum absolute atomic E-state index is 13.2. The molecule has 4 rings (SSSR count). The number of hydrogen-bond acceptors (Lipinski definition) is 5. The van der Waals surface area contributed by atoms with Gasteiger partial charge in [-0.05, 0) is 63.1 Å². The second-order valence-electron chi connectivity index (χ2n) is 9.29. The summed E-state index contributed by atoms with van der Waals surface area (Å²) in [4.78, 5) is 28.3. The third-order valence-electron chi connectivity index (χ3n) is 5.46. The lowest BCUT2D eigenvalue weighted by Gasteiger charge is -2.34. The van der Waals surface area contributed by atoms with Crippen molar-refractivity contribution >= 4 is 23.3 Å². The lowest BCUT2D eigenvalue weighted by molar-refractivity contribution is 0.0167. The molecule has 1 atom stereocenters. The summed E-state index contributed by atoms with van der Waals surface area (Å²) in [5.41, 5.74) is 1.59. The van der Waals surface area contributed by atoms with Crippen LogP contribution in [-0.2, 0) is 4.74 Å². The summed E-state index contributed by atoms with van der Waals surface area (Å²) in [5, 5.41) is 9.76. The number of benzene rings is 1. The van der Waals surface area contributed by atoms with Crippen LogP contribution in [0.1, 0.15) is 44.0 Å². The molecule has 1 unspecified atom stereocenters. The van der Waals surface area contributed by atoms with E-state index in [2.05, 4.69) is 5.32 Å². The molecule has 2 aromatic heterocycles. The van der Waals surface area contributed by atoms with Crippen LogP contribution in [0.3, 0.4) is 0 Å². The van der Waals surface area contributed by atoms with Gasteiger partial charge < -0.3 is 15.0 Å². The summed E-state index contributed by atoms with van der Waals surface area (Å²) >= 11 is 1.56. The van der Waals surface area contributed by atoms with E-state index in [4.69, 9.17) is 9.84 Å². The van der Waals surface area contributed by atoms with Crippen molar-refractivity contribution in [2.45, 2.75) is 39.2 Å². The highest BCUT2D eigenvalue weighted by Crippen LogP contribution is 2.28. The first kappa shape index (κ1) is 23.0. The minimum absolute atomic E-state index is 0.157. The van der Waals surface area contributed by atoms with Crippen molar-refractivity contribution in [3.63, 3.8) is 0 Å². The summed E-state index contributed by atoms with van der Waals surface area (Å²) in [6, 6.07) is 13.7. The van der Waals surface area contributed by atoms with Gasteiger partial charge in [-0.25, -0.2) is 9.48 Å². The molecule has 0 saturated carbocycles. The summed E-state index contributed by atoms with van der Waals surface area (Å²) in [5.74, 6) is 0.0274. The number of nitrogens with one attached hydrogen (secondary N) is 1. The Kier molecular flexibility index (Phi) is 6.83. The minimum Gasteiger partial charge on any atom is -0.444 e. The third kappa shape index (κ3) is 5.82. The number of carbonyl (C=O) groups is 2. The van der Waals surface area contributed by atoms with Gasteiger partial charge in [0.05, 0.1) is 16.1 Å². The molecule has 1 N–H and O–H groups in total. The van der Waals surface area contributed by atoms with Gasteiger partial charge in [0.15, 0.2) is 0 Å².